The Balaban J connectivity index is 1.56. The highest BCUT2D eigenvalue weighted by atomic mass is 16.5. The summed E-state index contributed by atoms with van der Waals surface area (Å²) in [7, 11) is 0. The van der Waals surface area contributed by atoms with Crippen LogP contribution < -0.4 is 10.2 Å². The molecule has 0 bridgehead atoms. The minimum Gasteiger partial charge on any atom is -0.483 e. The Morgan fingerprint density at radius 2 is 1.77 bits per heavy atom. The van der Waals surface area contributed by atoms with E-state index >= 15 is 0 Å². The molecule has 0 atom stereocenters. The number of benzene rings is 3. The maximum atomic E-state index is 12.0. The predicted molar refractivity (Wildman–Crippen MR) is 106 cm³/mol. The van der Waals surface area contributed by atoms with Gasteiger partial charge in [0.15, 0.2) is 6.61 Å². The first-order valence-corrected chi connectivity index (χ1v) is 8.66. The van der Waals surface area contributed by atoms with Crippen molar-refractivity contribution in [2.45, 2.75) is 19.8 Å². The zero-order valence-corrected chi connectivity index (χ0v) is 15.0. The van der Waals surface area contributed by atoms with Gasteiger partial charge in [-0.2, -0.15) is 5.10 Å². The fraction of sp³-hybridized carbons (Fsp3) is 0.182. The van der Waals surface area contributed by atoms with Gasteiger partial charge in [-0.05, 0) is 39.9 Å². The predicted octanol–water partition coefficient (Wildman–Crippen LogP) is 4.49. The van der Waals surface area contributed by atoms with Crippen LogP contribution in [-0.4, -0.2) is 18.7 Å². The summed E-state index contributed by atoms with van der Waals surface area (Å²) in [4.78, 5) is 12.0. The number of ether oxygens (including phenoxy) is 1. The lowest BCUT2D eigenvalue weighted by Gasteiger charge is -2.12. The topological polar surface area (TPSA) is 50.7 Å². The van der Waals surface area contributed by atoms with Crippen molar-refractivity contribution < 1.29 is 9.53 Å². The fourth-order valence-corrected chi connectivity index (χ4v) is 2.73. The smallest absolute Gasteiger partial charge is 0.277 e. The van der Waals surface area contributed by atoms with E-state index in [1.54, 1.807) is 6.21 Å². The Hall–Kier alpha value is -3.14. The van der Waals surface area contributed by atoms with Crippen LogP contribution in [0.15, 0.2) is 71.8 Å². The van der Waals surface area contributed by atoms with Crippen LogP contribution in [0.5, 0.6) is 5.75 Å². The van der Waals surface area contributed by atoms with E-state index in [4.69, 9.17) is 4.74 Å². The van der Waals surface area contributed by atoms with E-state index in [1.165, 1.54) is 5.39 Å². The highest BCUT2D eigenvalue weighted by Crippen LogP contribution is 2.25. The molecule has 4 heteroatoms. The number of hydrogen-bond donors (Lipinski definition) is 1. The molecule has 1 N–H and O–H groups in total. The molecule has 3 aromatic carbocycles. The molecular formula is C22H22N2O2. The number of hydrazone groups is 1. The molecule has 0 fully saturated rings. The van der Waals surface area contributed by atoms with Crippen molar-refractivity contribution in [3.8, 4) is 5.75 Å². The number of nitrogens with one attached hydrogen (secondary N) is 1. The van der Waals surface area contributed by atoms with Crippen molar-refractivity contribution in [3.63, 3.8) is 0 Å². The quantitative estimate of drug-likeness (QED) is 0.528. The Morgan fingerprint density at radius 1 is 1.04 bits per heavy atom. The molecule has 1 amide bonds. The minimum atomic E-state index is -0.291. The molecule has 3 rings (SSSR count). The lowest BCUT2D eigenvalue weighted by molar-refractivity contribution is -0.123. The molecule has 3 aromatic rings. The van der Waals surface area contributed by atoms with E-state index in [9.17, 15) is 4.79 Å². The molecule has 0 aliphatic carbocycles. The van der Waals surface area contributed by atoms with Gasteiger partial charge in [-0.25, -0.2) is 5.43 Å². The van der Waals surface area contributed by atoms with Gasteiger partial charge in [-0.3, -0.25) is 4.79 Å². The van der Waals surface area contributed by atoms with E-state index in [0.29, 0.717) is 5.92 Å². The highest BCUT2D eigenvalue weighted by Gasteiger charge is 2.08. The molecule has 26 heavy (non-hydrogen) atoms. The van der Waals surface area contributed by atoms with Gasteiger partial charge < -0.3 is 4.74 Å². The molecule has 0 saturated carbocycles. The number of nitrogens with zero attached hydrogens (tertiary/aromatic N) is 1. The second-order valence-corrected chi connectivity index (χ2v) is 6.38. The second kappa shape index (κ2) is 8.30. The van der Waals surface area contributed by atoms with Gasteiger partial charge in [-0.1, -0.05) is 68.4 Å². The summed E-state index contributed by atoms with van der Waals surface area (Å²) >= 11 is 0. The van der Waals surface area contributed by atoms with Crippen LogP contribution in [0.2, 0.25) is 0 Å². The molecule has 0 heterocycles. The van der Waals surface area contributed by atoms with Gasteiger partial charge in [0.1, 0.15) is 5.75 Å². The molecule has 4 nitrogen and oxygen atoms in total. The van der Waals surface area contributed by atoms with E-state index in [0.717, 1.165) is 22.3 Å². The number of para-hydroxylation sites is 1. The van der Waals surface area contributed by atoms with Crippen LogP contribution in [0.3, 0.4) is 0 Å². The number of amides is 1. The molecular weight excluding hydrogens is 324 g/mol. The highest BCUT2D eigenvalue weighted by molar-refractivity contribution is 5.90. The molecule has 0 aliphatic rings. The second-order valence-electron chi connectivity index (χ2n) is 6.38. The summed E-state index contributed by atoms with van der Waals surface area (Å²) in [6.07, 6.45) is 1.63. The van der Waals surface area contributed by atoms with Crippen molar-refractivity contribution >= 4 is 22.9 Å². The van der Waals surface area contributed by atoms with Crippen molar-refractivity contribution in [1.82, 2.24) is 5.43 Å². The van der Waals surface area contributed by atoms with Gasteiger partial charge in [0.25, 0.3) is 5.91 Å². The lowest BCUT2D eigenvalue weighted by atomic mass is 10.0. The van der Waals surface area contributed by atoms with Crippen molar-refractivity contribution in [1.29, 1.82) is 0 Å². The summed E-state index contributed by atoms with van der Waals surface area (Å²) in [6, 6.07) is 21.9. The van der Waals surface area contributed by atoms with Gasteiger partial charge in [-0.15, -0.1) is 0 Å². The molecule has 0 aromatic heterocycles. The van der Waals surface area contributed by atoms with Gasteiger partial charge in [0, 0.05) is 0 Å². The van der Waals surface area contributed by atoms with Crippen LogP contribution in [0.1, 0.15) is 30.9 Å². The zero-order chi connectivity index (χ0) is 18.4. The maximum absolute atomic E-state index is 12.0. The van der Waals surface area contributed by atoms with E-state index < -0.39 is 0 Å². The van der Waals surface area contributed by atoms with Crippen molar-refractivity contribution in [3.05, 3.63) is 77.9 Å². The third-order valence-electron chi connectivity index (χ3n) is 4.08. The molecule has 0 unspecified atom stereocenters. The summed E-state index contributed by atoms with van der Waals surface area (Å²) in [6.45, 7) is 4.12. The first-order chi connectivity index (χ1) is 12.6. The third-order valence-corrected chi connectivity index (χ3v) is 4.08. The Bertz CT molecular complexity index is 932. The minimum absolute atomic E-state index is 0.0706. The summed E-state index contributed by atoms with van der Waals surface area (Å²) in [5.41, 5.74) is 4.51. The van der Waals surface area contributed by atoms with E-state index in [-0.39, 0.29) is 12.5 Å². The maximum Gasteiger partial charge on any atom is 0.277 e. The van der Waals surface area contributed by atoms with Crippen LogP contribution in [0.25, 0.3) is 10.8 Å². The molecule has 0 aliphatic heterocycles. The van der Waals surface area contributed by atoms with E-state index in [1.807, 2.05) is 60.7 Å². The van der Waals surface area contributed by atoms with Crippen molar-refractivity contribution in [2.24, 2.45) is 5.10 Å². The zero-order valence-electron chi connectivity index (χ0n) is 15.0. The molecule has 132 valence electrons. The van der Waals surface area contributed by atoms with Gasteiger partial charge >= 0.3 is 0 Å². The van der Waals surface area contributed by atoms with E-state index in [2.05, 4.69) is 30.4 Å². The van der Waals surface area contributed by atoms with Crippen LogP contribution in [0.4, 0.5) is 0 Å². The lowest BCUT2D eigenvalue weighted by Crippen LogP contribution is -2.24. The largest absolute Gasteiger partial charge is 0.483 e. The summed E-state index contributed by atoms with van der Waals surface area (Å²) in [5, 5.41) is 6.32. The fourth-order valence-electron chi connectivity index (χ4n) is 2.73. The van der Waals surface area contributed by atoms with Gasteiger partial charge in [0.05, 0.1) is 6.21 Å². The molecule has 0 spiro atoms. The Labute approximate surface area is 153 Å². The average molecular weight is 346 g/mol. The van der Waals surface area contributed by atoms with Crippen molar-refractivity contribution in [2.75, 3.05) is 6.61 Å². The summed E-state index contributed by atoms with van der Waals surface area (Å²) < 4.78 is 5.63. The molecule has 0 radical (unpaired) electrons. The average Bonchev–Trinajstić information content (AvgIpc) is 2.66. The Morgan fingerprint density at radius 3 is 2.58 bits per heavy atom. The summed E-state index contributed by atoms with van der Waals surface area (Å²) in [5.74, 6) is 0.775. The first kappa shape index (κ1) is 17.7. The van der Waals surface area contributed by atoms with Crippen LogP contribution >= 0.6 is 0 Å². The number of hydrogen-bond acceptors (Lipinski definition) is 3. The molecule has 0 saturated heterocycles. The Kier molecular flexibility index (Phi) is 5.64. The SMILES string of the molecule is CC(C)c1ccccc1OCC(=O)N/N=C/c1ccc2ccccc2c1. The van der Waals surface area contributed by atoms with Crippen LogP contribution in [0, 0.1) is 0 Å². The first-order valence-electron chi connectivity index (χ1n) is 8.66. The standard InChI is InChI=1S/C22H22N2O2/c1-16(2)20-9-5-6-10-21(20)26-15-22(25)24-23-14-17-11-12-18-7-3-4-8-19(18)13-17/h3-14,16H,15H2,1-2H3,(H,24,25)/b23-14+. The monoisotopic (exact) mass is 346 g/mol. The number of fused-ring (bicyclic) bond motifs is 1. The normalized spacial score (nSPS) is 11.2. The third kappa shape index (κ3) is 4.48. The number of carbonyl (C=O) groups excluding carboxylic acids is 1. The van der Waals surface area contributed by atoms with Gasteiger partial charge in [0.2, 0.25) is 0 Å². The number of rotatable bonds is 6. The number of carbonyl (C=O) groups is 1. The van der Waals surface area contributed by atoms with Crippen LogP contribution in [-0.2, 0) is 4.79 Å².